The first-order chi connectivity index (χ1) is 6.31. The number of amides is 1. The van der Waals surface area contributed by atoms with Crippen molar-refractivity contribution in [1.29, 1.82) is 0 Å². The van der Waals surface area contributed by atoms with Crippen LogP contribution in [0.15, 0.2) is 16.1 Å². The summed E-state index contributed by atoms with van der Waals surface area (Å²) in [6.45, 7) is 2.43. The second-order valence-electron chi connectivity index (χ2n) is 3.53. The Kier molecular flexibility index (Phi) is 2.69. The molecule has 78 valence electrons. The van der Waals surface area contributed by atoms with Crippen molar-refractivity contribution in [3.05, 3.63) is 11.1 Å². The van der Waals surface area contributed by atoms with Gasteiger partial charge in [0, 0.05) is 12.6 Å². The van der Waals surface area contributed by atoms with Gasteiger partial charge in [-0.05, 0) is 19.4 Å². The van der Waals surface area contributed by atoms with Gasteiger partial charge in [0.2, 0.25) is 11.8 Å². The Balaban J connectivity index is 2.79. The average molecular weight is 202 g/mol. The smallest absolute Gasteiger partial charge is 0.250 e. The molecule has 0 aromatic heterocycles. The highest BCUT2D eigenvalue weighted by atomic mass is 19.3. The second kappa shape index (κ2) is 3.48. The summed E-state index contributed by atoms with van der Waals surface area (Å²) in [5, 5.41) is 0. The lowest BCUT2D eigenvalue weighted by Crippen LogP contribution is -2.20. The Morgan fingerprint density at radius 2 is 2.29 bits per heavy atom. The lowest BCUT2D eigenvalue weighted by atomic mass is 10.0. The summed E-state index contributed by atoms with van der Waals surface area (Å²) in [6, 6.07) is -0.613. The van der Waals surface area contributed by atoms with Crippen LogP contribution in [0.5, 0.6) is 0 Å². The number of hydrogen-bond donors (Lipinski definition) is 1. The van der Waals surface area contributed by atoms with Crippen molar-refractivity contribution in [1.82, 2.24) is 0 Å². The van der Waals surface area contributed by atoms with E-state index in [1.165, 1.54) is 6.21 Å². The SMILES string of the molecule is CC1=C(C(N)=O)C=NC1CC(C)(F)F. The standard InChI is InChI=1S/C9H12F2N2O/c1-5-6(8(12)14)4-13-7(5)3-9(2,10)11/h4,7H,3H2,1-2H3,(H2,12,14). The quantitative estimate of drug-likeness (QED) is 0.736. The summed E-state index contributed by atoms with van der Waals surface area (Å²) in [7, 11) is 0. The normalized spacial score (nSPS) is 21.9. The minimum Gasteiger partial charge on any atom is -0.366 e. The molecule has 5 heteroatoms. The van der Waals surface area contributed by atoms with Crippen molar-refractivity contribution in [2.75, 3.05) is 0 Å². The maximum atomic E-state index is 12.7. The number of carbonyl (C=O) groups is 1. The number of hydrogen-bond acceptors (Lipinski definition) is 2. The number of halogens is 2. The molecule has 3 nitrogen and oxygen atoms in total. The highest BCUT2D eigenvalue weighted by Gasteiger charge is 2.31. The van der Waals surface area contributed by atoms with E-state index in [1.807, 2.05) is 0 Å². The largest absolute Gasteiger partial charge is 0.366 e. The zero-order chi connectivity index (χ0) is 10.9. The molecule has 0 saturated heterocycles. The third-order valence-electron chi connectivity index (χ3n) is 2.13. The minimum atomic E-state index is -2.78. The van der Waals surface area contributed by atoms with Crippen molar-refractivity contribution in [3.63, 3.8) is 0 Å². The van der Waals surface area contributed by atoms with Crippen molar-refractivity contribution >= 4 is 12.1 Å². The van der Waals surface area contributed by atoms with E-state index in [-0.39, 0.29) is 12.0 Å². The molecule has 1 rings (SSSR count). The van der Waals surface area contributed by atoms with Gasteiger partial charge in [0.25, 0.3) is 0 Å². The van der Waals surface area contributed by atoms with E-state index in [1.54, 1.807) is 6.92 Å². The molecule has 0 radical (unpaired) electrons. The minimum absolute atomic E-state index is 0.249. The number of nitrogens with two attached hydrogens (primary N) is 1. The second-order valence-corrected chi connectivity index (χ2v) is 3.53. The van der Waals surface area contributed by atoms with Gasteiger partial charge in [-0.3, -0.25) is 9.79 Å². The number of nitrogens with zero attached hydrogens (tertiary/aromatic N) is 1. The van der Waals surface area contributed by atoms with E-state index in [0.717, 1.165) is 6.92 Å². The van der Waals surface area contributed by atoms with Gasteiger partial charge in [0.1, 0.15) is 0 Å². The van der Waals surface area contributed by atoms with Crippen molar-refractivity contribution in [3.8, 4) is 0 Å². The zero-order valence-corrected chi connectivity index (χ0v) is 8.05. The van der Waals surface area contributed by atoms with Gasteiger partial charge in [-0.2, -0.15) is 0 Å². The van der Waals surface area contributed by atoms with E-state index in [9.17, 15) is 13.6 Å². The van der Waals surface area contributed by atoms with Crippen molar-refractivity contribution in [2.24, 2.45) is 10.7 Å². The maximum Gasteiger partial charge on any atom is 0.250 e. The van der Waals surface area contributed by atoms with Crippen LogP contribution in [0.4, 0.5) is 8.78 Å². The summed E-state index contributed by atoms with van der Waals surface area (Å²) in [4.78, 5) is 14.6. The summed E-state index contributed by atoms with van der Waals surface area (Å²) in [5.41, 5.74) is 5.81. The zero-order valence-electron chi connectivity index (χ0n) is 8.05. The van der Waals surface area contributed by atoms with Crippen molar-refractivity contribution in [2.45, 2.75) is 32.2 Å². The van der Waals surface area contributed by atoms with E-state index in [2.05, 4.69) is 4.99 Å². The molecule has 0 aromatic rings. The van der Waals surface area contributed by atoms with Gasteiger partial charge in [-0.15, -0.1) is 0 Å². The van der Waals surface area contributed by atoms with Gasteiger partial charge >= 0.3 is 0 Å². The lowest BCUT2D eigenvalue weighted by molar-refractivity contribution is -0.114. The van der Waals surface area contributed by atoms with E-state index < -0.39 is 17.9 Å². The molecule has 2 N–H and O–H groups in total. The van der Waals surface area contributed by atoms with Crippen LogP contribution in [0.3, 0.4) is 0 Å². The number of rotatable bonds is 3. The number of alkyl halides is 2. The Hall–Kier alpha value is -1.26. The van der Waals surface area contributed by atoms with Gasteiger partial charge in [-0.25, -0.2) is 8.78 Å². The van der Waals surface area contributed by atoms with Gasteiger partial charge in [-0.1, -0.05) is 0 Å². The predicted molar refractivity (Wildman–Crippen MR) is 49.4 cm³/mol. The summed E-state index contributed by atoms with van der Waals surface area (Å²) in [6.07, 6.45) is 0.889. The van der Waals surface area contributed by atoms with E-state index >= 15 is 0 Å². The van der Waals surface area contributed by atoms with Gasteiger partial charge in [0.15, 0.2) is 0 Å². The summed E-state index contributed by atoms with van der Waals surface area (Å²) >= 11 is 0. The van der Waals surface area contributed by atoms with Crippen LogP contribution < -0.4 is 5.73 Å². The van der Waals surface area contributed by atoms with Crippen LogP contribution in [0.2, 0.25) is 0 Å². The fourth-order valence-electron chi connectivity index (χ4n) is 1.36. The molecule has 1 aliphatic heterocycles. The lowest BCUT2D eigenvalue weighted by Gasteiger charge is -2.15. The third kappa shape index (κ3) is 2.37. The first-order valence-electron chi connectivity index (χ1n) is 4.23. The predicted octanol–water partition coefficient (Wildman–Crippen LogP) is 1.29. The topological polar surface area (TPSA) is 55.5 Å². The van der Waals surface area contributed by atoms with Gasteiger partial charge < -0.3 is 5.73 Å². The highest BCUT2D eigenvalue weighted by molar-refractivity contribution is 6.13. The van der Waals surface area contributed by atoms with E-state index in [4.69, 9.17) is 5.73 Å². The third-order valence-corrected chi connectivity index (χ3v) is 2.13. The van der Waals surface area contributed by atoms with Crippen LogP contribution in [-0.2, 0) is 4.79 Å². The van der Waals surface area contributed by atoms with Crippen LogP contribution >= 0.6 is 0 Å². The molecule has 1 atom stereocenters. The fraction of sp³-hybridized carbons (Fsp3) is 0.556. The molecule has 14 heavy (non-hydrogen) atoms. The molecule has 1 unspecified atom stereocenters. The molecule has 1 heterocycles. The fourth-order valence-corrected chi connectivity index (χ4v) is 1.36. The average Bonchev–Trinajstić information content (AvgIpc) is 2.29. The Morgan fingerprint density at radius 3 is 2.64 bits per heavy atom. The molecule has 1 aliphatic rings. The summed E-state index contributed by atoms with van der Waals surface area (Å²) in [5.74, 6) is -3.40. The molecule has 0 saturated carbocycles. The van der Waals surface area contributed by atoms with Crippen molar-refractivity contribution < 1.29 is 13.6 Å². The first kappa shape index (κ1) is 10.8. The van der Waals surface area contributed by atoms with Crippen LogP contribution in [-0.4, -0.2) is 24.1 Å². The molecule has 1 amide bonds. The molecule has 0 fully saturated rings. The van der Waals surface area contributed by atoms with Gasteiger partial charge in [0.05, 0.1) is 11.6 Å². The van der Waals surface area contributed by atoms with Crippen LogP contribution in [0, 0.1) is 0 Å². The number of primary amides is 1. The first-order valence-corrected chi connectivity index (χ1v) is 4.23. The maximum absolute atomic E-state index is 12.7. The highest BCUT2D eigenvalue weighted by Crippen LogP contribution is 2.28. The molecular formula is C9H12F2N2O. The van der Waals surface area contributed by atoms with Crippen LogP contribution in [0.25, 0.3) is 0 Å². The Morgan fingerprint density at radius 1 is 1.71 bits per heavy atom. The van der Waals surface area contributed by atoms with E-state index in [0.29, 0.717) is 5.57 Å². The molecule has 0 aromatic carbocycles. The Labute approximate surface area is 80.7 Å². The molecule has 0 spiro atoms. The Bertz CT molecular complexity index is 315. The van der Waals surface area contributed by atoms with Crippen LogP contribution in [0.1, 0.15) is 20.3 Å². The molecule has 0 aliphatic carbocycles. The molecular weight excluding hydrogens is 190 g/mol. The molecule has 0 bridgehead atoms. The number of carbonyl (C=O) groups excluding carboxylic acids is 1. The monoisotopic (exact) mass is 202 g/mol. The number of aliphatic imine (C=N–C) groups is 1. The summed E-state index contributed by atoms with van der Waals surface area (Å²) < 4.78 is 25.3.